The SMILES string of the molecule is CCCCOCCCNCc1ccc(-c2cccc(Cl)c2)o1.Cl. The number of ether oxygens (including phenoxy) is 1. The number of halogens is 2. The molecule has 0 saturated carbocycles. The molecule has 0 fully saturated rings. The van der Waals surface area contributed by atoms with Crippen molar-refractivity contribution in [2.45, 2.75) is 32.7 Å². The maximum atomic E-state index is 6.00. The molecule has 0 saturated heterocycles. The number of rotatable bonds is 10. The van der Waals surface area contributed by atoms with Crippen molar-refractivity contribution >= 4 is 24.0 Å². The zero-order valence-electron chi connectivity index (χ0n) is 13.5. The van der Waals surface area contributed by atoms with E-state index in [-0.39, 0.29) is 12.4 Å². The summed E-state index contributed by atoms with van der Waals surface area (Å²) >= 11 is 6.00. The van der Waals surface area contributed by atoms with Gasteiger partial charge in [0.05, 0.1) is 6.54 Å². The van der Waals surface area contributed by atoms with Gasteiger partial charge in [-0.05, 0) is 43.7 Å². The van der Waals surface area contributed by atoms with Gasteiger partial charge < -0.3 is 14.5 Å². The smallest absolute Gasteiger partial charge is 0.134 e. The molecule has 1 heterocycles. The molecule has 0 aliphatic rings. The van der Waals surface area contributed by atoms with Crippen LogP contribution in [0.15, 0.2) is 40.8 Å². The minimum atomic E-state index is 0. The van der Waals surface area contributed by atoms with Crippen LogP contribution in [0.25, 0.3) is 11.3 Å². The fraction of sp³-hybridized carbons (Fsp3) is 0.444. The summed E-state index contributed by atoms with van der Waals surface area (Å²) < 4.78 is 11.4. The summed E-state index contributed by atoms with van der Waals surface area (Å²) in [6, 6.07) is 11.7. The Labute approximate surface area is 149 Å². The molecule has 1 aromatic carbocycles. The molecule has 3 nitrogen and oxygen atoms in total. The van der Waals surface area contributed by atoms with Gasteiger partial charge in [0.1, 0.15) is 11.5 Å². The summed E-state index contributed by atoms with van der Waals surface area (Å²) in [4.78, 5) is 0. The van der Waals surface area contributed by atoms with Crippen molar-refractivity contribution in [1.82, 2.24) is 5.32 Å². The van der Waals surface area contributed by atoms with E-state index in [1.165, 1.54) is 6.42 Å². The predicted octanol–water partition coefficient (Wildman–Crippen LogP) is 5.32. The second-order valence-corrected chi connectivity index (χ2v) is 5.71. The molecule has 0 unspecified atom stereocenters. The van der Waals surface area contributed by atoms with Gasteiger partial charge in [0.15, 0.2) is 0 Å². The minimum Gasteiger partial charge on any atom is -0.460 e. The van der Waals surface area contributed by atoms with E-state index < -0.39 is 0 Å². The standard InChI is InChI=1S/C18H24ClNO2.ClH/c1-2-3-11-21-12-5-10-20-14-17-8-9-18(22-17)15-6-4-7-16(19)13-15;/h4,6-9,13,20H,2-3,5,10-12,14H2,1H3;1H. The lowest BCUT2D eigenvalue weighted by Gasteiger charge is -2.04. The summed E-state index contributed by atoms with van der Waals surface area (Å²) in [5, 5.41) is 4.09. The maximum Gasteiger partial charge on any atom is 0.134 e. The number of hydrogen-bond donors (Lipinski definition) is 1. The normalized spacial score (nSPS) is 10.5. The Bertz CT molecular complexity index is 557. The molecule has 2 rings (SSSR count). The molecule has 0 spiro atoms. The average Bonchev–Trinajstić information content (AvgIpc) is 2.99. The van der Waals surface area contributed by atoms with Crippen LogP contribution in [0.3, 0.4) is 0 Å². The highest BCUT2D eigenvalue weighted by molar-refractivity contribution is 6.30. The highest BCUT2D eigenvalue weighted by Gasteiger charge is 2.05. The Morgan fingerprint density at radius 3 is 2.74 bits per heavy atom. The molecule has 128 valence electrons. The highest BCUT2D eigenvalue weighted by atomic mass is 35.5. The predicted molar refractivity (Wildman–Crippen MR) is 98.5 cm³/mol. The fourth-order valence-electron chi connectivity index (χ4n) is 2.13. The van der Waals surface area contributed by atoms with Crippen molar-refractivity contribution in [3.05, 3.63) is 47.2 Å². The summed E-state index contributed by atoms with van der Waals surface area (Å²) in [5.74, 6) is 1.78. The lowest BCUT2D eigenvalue weighted by molar-refractivity contribution is 0.128. The third-order valence-electron chi connectivity index (χ3n) is 3.35. The second-order valence-electron chi connectivity index (χ2n) is 5.27. The van der Waals surface area contributed by atoms with Gasteiger partial charge >= 0.3 is 0 Å². The van der Waals surface area contributed by atoms with Gasteiger partial charge in [0, 0.05) is 23.8 Å². The van der Waals surface area contributed by atoms with Gasteiger partial charge in [-0.15, -0.1) is 12.4 Å². The molecule has 0 aliphatic heterocycles. The summed E-state index contributed by atoms with van der Waals surface area (Å²) in [7, 11) is 0. The van der Waals surface area contributed by atoms with E-state index >= 15 is 0 Å². The summed E-state index contributed by atoms with van der Waals surface area (Å²) in [5.41, 5.74) is 1.00. The van der Waals surface area contributed by atoms with Crippen LogP contribution in [0.4, 0.5) is 0 Å². The molecular weight excluding hydrogens is 333 g/mol. The largest absolute Gasteiger partial charge is 0.460 e. The Kier molecular flexibility index (Phi) is 10.0. The molecule has 0 atom stereocenters. The zero-order chi connectivity index (χ0) is 15.6. The molecule has 2 aromatic rings. The molecule has 5 heteroatoms. The highest BCUT2D eigenvalue weighted by Crippen LogP contribution is 2.24. The average molecular weight is 358 g/mol. The first kappa shape index (κ1) is 20.0. The first-order valence-corrected chi connectivity index (χ1v) is 8.30. The monoisotopic (exact) mass is 357 g/mol. The van der Waals surface area contributed by atoms with Crippen LogP contribution in [-0.4, -0.2) is 19.8 Å². The van der Waals surface area contributed by atoms with Crippen molar-refractivity contribution in [2.75, 3.05) is 19.8 Å². The molecule has 1 N–H and O–H groups in total. The van der Waals surface area contributed by atoms with Crippen molar-refractivity contribution in [3.8, 4) is 11.3 Å². The molecule has 0 bridgehead atoms. The Morgan fingerprint density at radius 1 is 1.13 bits per heavy atom. The van der Waals surface area contributed by atoms with Crippen LogP contribution in [0.5, 0.6) is 0 Å². The van der Waals surface area contributed by atoms with Crippen LogP contribution in [-0.2, 0) is 11.3 Å². The Hall–Kier alpha value is -1.000. The Morgan fingerprint density at radius 2 is 1.96 bits per heavy atom. The van der Waals surface area contributed by atoms with E-state index in [1.807, 2.05) is 36.4 Å². The molecular formula is C18H25Cl2NO2. The Balaban J connectivity index is 0.00000264. The number of benzene rings is 1. The van der Waals surface area contributed by atoms with Gasteiger partial charge in [-0.2, -0.15) is 0 Å². The van der Waals surface area contributed by atoms with Gasteiger partial charge in [-0.1, -0.05) is 37.1 Å². The topological polar surface area (TPSA) is 34.4 Å². The molecule has 1 aromatic heterocycles. The van der Waals surface area contributed by atoms with Crippen molar-refractivity contribution in [3.63, 3.8) is 0 Å². The summed E-state index contributed by atoms with van der Waals surface area (Å²) in [6.45, 7) is 5.53. The fourth-order valence-corrected chi connectivity index (χ4v) is 2.32. The van der Waals surface area contributed by atoms with E-state index in [0.717, 1.165) is 61.3 Å². The molecule has 0 aliphatic carbocycles. The maximum absolute atomic E-state index is 6.00. The molecule has 23 heavy (non-hydrogen) atoms. The van der Waals surface area contributed by atoms with Gasteiger partial charge in [-0.3, -0.25) is 0 Å². The third kappa shape index (κ3) is 7.40. The first-order valence-electron chi connectivity index (χ1n) is 7.92. The quantitative estimate of drug-likeness (QED) is 0.584. The minimum absolute atomic E-state index is 0. The third-order valence-corrected chi connectivity index (χ3v) is 3.59. The van der Waals surface area contributed by atoms with Crippen LogP contribution in [0, 0.1) is 0 Å². The van der Waals surface area contributed by atoms with Crippen LogP contribution < -0.4 is 5.32 Å². The number of hydrogen-bond acceptors (Lipinski definition) is 3. The second kappa shape index (κ2) is 11.5. The van der Waals surface area contributed by atoms with Crippen molar-refractivity contribution in [2.24, 2.45) is 0 Å². The van der Waals surface area contributed by atoms with E-state index in [4.69, 9.17) is 20.8 Å². The zero-order valence-corrected chi connectivity index (χ0v) is 15.1. The number of unbranched alkanes of at least 4 members (excludes halogenated alkanes) is 1. The van der Waals surface area contributed by atoms with Crippen molar-refractivity contribution < 1.29 is 9.15 Å². The molecule has 0 amide bonds. The lowest BCUT2D eigenvalue weighted by Crippen LogP contribution is -2.16. The number of nitrogens with one attached hydrogen (secondary N) is 1. The van der Waals surface area contributed by atoms with Gasteiger partial charge in [-0.25, -0.2) is 0 Å². The van der Waals surface area contributed by atoms with Crippen LogP contribution in [0.1, 0.15) is 31.9 Å². The molecule has 0 radical (unpaired) electrons. The van der Waals surface area contributed by atoms with E-state index in [0.29, 0.717) is 0 Å². The van der Waals surface area contributed by atoms with Gasteiger partial charge in [0.2, 0.25) is 0 Å². The first-order chi connectivity index (χ1) is 10.8. The van der Waals surface area contributed by atoms with E-state index in [9.17, 15) is 0 Å². The summed E-state index contributed by atoms with van der Waals surface area (Å²) in [6.07, 6.45) is 3.35. The van der Waals surface area contributed by atoms with E-state index in [1.54, 1.807) is 0 Å². The van der Waals surface area contributed by atoms with Gasteiger partial charge in [0.25, 0.3) is 0 Å². The van der Waals surface area contributed by atoms with Crippen LogP contribution >= 0.6 is 24.0 Å². The van der Waals surface area contributed by atoms with Crippen LogP contribution in [0.2, 0.25) is 5.02 Å². The number of furan rings is 1. The van der Waals surface area contributed by atoms with Crippen molar-refractivity contribution in [1.29, 1.82) is 0 Å². The van der Waals surface area contributed by atoms with E-state index in [2.05, 4.69) is 12.2 Å². The lowest BCUT2D eigenvalue weighted by atomic mass is 10.2.